The van der Waals surface area contributed by atoms with Crippen molar-refractivity contribution < 1.29 is 24.2 Å². The lowest BCUT2D eigenvalue weighted by Crippen LogP contribution is -2.17. The van der Waals surface area contributed by atoms with Gasteiger partial charge in [-0.15, -0.1) is 0 Å². The van der Waals surface area contributed by atoms with Crippen LogP contribution < -0.4 is 14.8 Å². The van der Waals surface area contributed by atoms with E-state index in [1.54, 1.807) is 43.3 Å². The van der Waals surface area contributed by atoms with Crippen LogP contribution in [0.25, 0.3) is 0 Å². The van der Waals surface area contributed by atoms with Crippen molar-refractivity contribution in [2.45, 2.75) is 19.3 Å². The molecule has 0 aliphatic carbocycles. The number of benzene rings is 2. The minimum Gasteiger partial charge on any atom is -0.486 e. The van der Waals surface area contributed by atoms with Crippen molar-refractivity contribution in [3.8, 4) is 11.5 Å². The van der Waals surface area contributed by atoms with Crippen LogP contribution in [0.2, 0.25) is 5.02 Å². The Labute approximate surface area is 155 Å². The lowest BCUT2D eigenvalue weighted by Gasteiger charge is -2.20. The molecular formula is C19H18ClNO5. The number of carboxylic acid groups (broad SMARTS) is 1. The Balaban J connectivity index is 1.71. The molecule has 1 heterocycles. The van der Waals surface area contributed by atoms with Crippen molar-refractivity contribution in [3.63, 3.8) is 0 Å². The van der Waals surface area contributed by atoms with Crippen LogP contribution in [-0.2, 0) is 16.0 Å². The molecule has 7 heteroatoms. The van der Waals surface area contributed by atoms with Crippen molar-refractivity contribution in [2.24, 2.45) is 0 Å². The van der Waals surface area contributed by atoms with Gasteiger partial charge >= 0.3 is 5.97 Å². The van der Waals surface area contributed by atoms with Crippen LogP contribution in [0.5, 0.6) is 11.5 Å². The molecule has 1 aliphatic heterocycles. The first-order valence-electron chi connectivity index (χ1n) is 8.14. The number of aliphatic carboxylic acids is 1. The minimum atomic E-state index is -0.917. The van der Waals surface area contributed by atoms with Crippen LogP contribution in [-0.4, -0.2) is 30.2 Å². The highest BCUT2D eigenvalue weighted by Gasteiger charge is 2.18. The molecule has 0 fully saturated rings. The molecule has 2 aromatic rings. The molecule has 0 bridgehead atoms. The molecule has 1 unspecified atom stereocenters. The molecular weight excluding hydrogens is 358 g/mol. The highest BCUT2D eigenvalue weighted by molar-refractivity contribution is 6.32. The van der Waals surface area contributed by atoms with Crippen LogP contribution >= 0.6 is 11.6 Å². The quantitative estimate of drug-likeness (QED) is 0.835. The summed E-state index contributed by atoms with van der Waals surface area (Å²) in [6.45, 7) is 2.48. The zero-order chi connectivity index (χ0) is 18.7. The zero-order valence-electron chi connectivity index (χ0n) is 14.1. The van der Waals surface area contributed by atoms with E-state index in [1.165, 1.54) is 0 Å². The fourth-order valence-electron chi connectivity index (χ4n) is 2.69. The van der Waals surface area contributed by atoms with E-state index in [4.69, 9.17) is 26.2 Å². The molecule has 1 aliphatic rings. The summed E-state index contributed by atoms with van der Waals surface area (Å²) < 4.78 is 11.0. The Morgan fingerprint density at radius 3 is 2.77 bits per heavy atom. The predicted octanol–water partition coefficient (Wildman–Crippen LogP) is 3.48. The fourth-order valence-corrected chi connectivity index (χ4v) is 2.97. The van der Waals surface area contributed by atoms with Gasteiger partial charge in [-0.2, -0.15) is 0 Å². The largest absolute Gasteiger partial charge is 0.486 e. The summed E-state index contributed by atoms with van der Waals surface area (Å²) in [5.74, 6) is -0.776. The first-order chi connectivity index (χ1) is 12.4. The van der Waals surface area contributed by atoms with Crippen molar-refractivity contribution in [3.05, 3.63) is 52.5 Å². The molecule has 2 aromatic carbocycles. The smallest absolute Gasteiger partial charge is 0.310 e. The second-order valence-electron chi connectivity index (χ2n) is 6.01. The molecule has 136 valence electrons. The molecule has 0 spiro atoms. The molecule has 0 aromatic heterocycles. The van der Waals surface area contributed by atoms with E-state index in [1.807, 2.05) is 0 Å². The summed E-state index contributed by atoms with van der Waals surface area (Å²) in [6, 6.07) is 10.2. The maximum Gasteiger partial charge on any atom is 0.310 e. The normalized spacial score (nSPS) is 13.8. The van der Waals surface area contributed by atoms with Gasteiger partial charge in [-0.1, -0.05) is 23.7 Å². The number of carbonyl (C=O) groups excluding carboxylic acids is 1. The monoisotopic (exact) mass is 375 g/mol. The van der Waals surface area contributed by atoms with E-state index in [0.29, 0.717) is 46.5 Å². The molecule has 0 radical (unpaired) electrons. The number of amides is 1. The highest BCUT2D eigenvalue weighted by Crippen LogP contribution is 2.38. The number of halogens is 1. The van der Waals surface area contributed by atoms with Gasteiger partial charge < -0.3 is 19.9 Å². The first-order valence-corrected chi connectivity index (χ1v) is 8.52. The van der Waals surface area contributed by atoms with Crippen molar-refractivity contribution in [1.29, 1.82) is 0 Å². The van der Waals surface area contributed by atoms with E-state index in [2.05, 4.69) is 5.32 Å². The number of rotatable bonds is 5. The second-order valence-corrected chi connectivity index (χ2v) is 6.42. The van der Waals surface area contributed by atoms with Gasteiger partial charge in [0.2, 0.25) is 5.91 Å². The van der Waals surface area contributed by atoms with Crippen molar-refractivity contribution >= 4 is 29.2 Å². The summed E-state index contributed by atoms with van der Waals surface area (Å²) in [5, 5.41) is 12.3. The number of fused-ring (bicyclic) bond motifs is 1. The maximum atomic E-state index is 12.3. The molecule has 3 rings (SSSR count). The van der Waals surface area contributed by atoms with E-state index in [-0.39, 0.29) is 12.3 Å². The van der Waals surface area contributed by atoms with E-state index in [0.717, 1.165) is 0 Å². The van der Waals surface area contributed by atoms with Gasteiger partial charge in [0.15, 0.2) is 11.5 Å². The van der Waals surface area contributed by atoms with Gasteiger partial charge in [0.25, 0.3) is 0 Å². The Morgan fingerprint density at radius 1 is 1.23 bits per heavy atom. The molecule has 26 heavy (non-hydrogen) atoms. The Hall–Kier alpha value is -2.73. The van der Waals surface area contributed by atoms with Gasteiger partial charge in [0, 0.05) is 5.69 Å². The average Bonchev–Trinajstić information content (AvgIpc) is 2.61. The second kappa shape index (κ2) is 7.66. The molecule has 6 nitrogen and oxygen atoms in total. The van der Waals surface area contributed by atoms with Gasteiger partial charge in [0.1, 0.15) is 13.2 Å². The number of nitrogens with one attached hydrogen (secondary N) is 1. The maximum absolute atomic E-state index is 12.3. The van der Waals surface area contributed by atoms with Crippen molar-refractivity contribution in [1.82, 2.24) is 0 Å². The van der Waals surface area contributed by atoms with Crippen molar-refractivity contribution in [2.75, 3.05) is 18.5 Å². The van der Waals surface area contributed by atoms with Crippen LogP contribution in [0.15, 0.2) is 36.4 Å². The van der Waals surface area contributed by atoms with Crippen LogP contribution in [0.3, 0.4) is 0 Å². The van der Waals surface area contributed by atoms with Gasteiger partial charge in [-0.05, 0) is 42.3 Å². The van der Waals surface area contributed by atoms with E-state index >= 15 is 0 Å². The van der Waals surface area contributed by atoms with Crippen LogP contribution in [0.1, 0.15) is 24.0 Å². The molecule has 1 amide bonds. The predicted molar refractivity (Wildman–Crippen MR) is 97.3 cm³/mol. The number of ether oxygens (including phenoxy) is 2. The fraction of sp³-hybridized carbons (Fsp3) is 0.263. The van der Waals surface area contributed by atoms with Gasteiger partial charge in [-0.3, -0.25) is 9.59 Å². The lowest BCUT2D eigenvalue weighted by molar-refractivity contribution is -0.138. The van der Waals surface area contributed by atoms with E-state index in [9.17, 15) is 9.59 Å². The van der Waals surface area contributed by atoms with Crippen LogP contribution in [0.4, 0.5) is 5.69 Å². The summed E-state index contributed by atoms with van der Waals surface area (Å²) in [4.78, 5) is 23.4. The minimum absolute atomic E-state index is 0.106. The highest BCUT2D eigenvalue weighted by atomic mass is 35.5. The van der Waals surface area contributed by atoms with E-state index < -0.39 is 11.9 Å². The topological polar surface area (TPSA) is 84.9 Å². The first kappa shape index (κ1) is 18.1. The number of hydrogen-bond donors (Lipinski definition) is 2. The standard InChI is InChI=1S/C19H18ClNO5/c1-11(19(23)24)13-3-2-4-14(10-13)21-17(22)9-12-7-15(20)18-16(8-12)25-5-6-26-18/h2-4,7-8,10-11H,5-6,9H2,1H3,(H,21,22)(H,23,24). The summed E-state index contributed by atoms with van der Waals surface area (Å²) in [6.07, 6.45) is 0.106. The number of anilines is 1. The number of carbonyl (C=O) groups is 2. The summed E-state index contributed by atoms with van der Waals surface area (Å²) >= 11 is 6.18. The Bertz CT molecular complexity index is 852. The van der Waals surface area contributed by atoms with Gasteiger partial charge in [0.05, 0.1) is 17.4 Å². The number of carboxylic acids is 1. The summed E-state index contributed by atoms with van der Waals surface area (Å²) in [7, 11) is 0. The van der Waals surface area contributed by atoms with Crippen LogP contribution in [0, 0.1) is 0 Å². The molecule has 1 atom stereocenters. The third kappa shape index (κ3) is 4.08. The Morgan fingerprint density at radius 2 is 2.00 bits per heavy atom. The zero-order valence-corrected chi connectivity index (χ0v) is 14.9. The Kier molecular flexibility index (Phi) is 5.32. The third-order valence-corrected chi connectivity index (χ3v) is 4.34. The van der Waals surface area contributed by atoms with Gasteiger partial charge in [-0.25, -0.2) is 0 Å². The number of hydrogen-bond acceptors (Lipinski definition) is 4. The molecule has 0 saturated carbocycles. The lowest BCUT2D eigenvalue weighted by atomic mass is 10.0. The summed E-state index contributed by atoms with van der Waals surface area (Å²) in [5.41, 5.74) is 1.87. The average molecular weight is 376 g/mol. The SMILES string of the molecule is CC(C(=O)O)c1cccc(NC(=O)Cc2cc(Cl)c3c(c2)OCCO3)c1. The molecule has 0 saturated heterocycles. The third-order valence-electron chi connectivity index (χ3n) is 4.06. The molecule has 2 N–H and O–H groups in total.